The molecule has 1 saturated heterocycles. The van der Waals surface area contributed by atoms with Crippen LogP contribution in [-0.4, -0.2) is 36.5 Å². The second-order valence-corrected chi connectivity index (χ2v) is 4.98. The van der Waals surface area contributed by atoms with Crippen LogP contribution in [0.4, 0.5) is 0 Å². The average Bonchev–Trinajstić information content (AvgIpc) is 2.32. The Morgan fingerprint density at radius 1 is 1.53 bits per heavy atom. The Balaban J connectivity index is 2.15. The van der Waals surface area contributed by atoms with E-state index in [9.17, 15) is 4.79 Å². The molecule has 17 heavy (non-hydrogen) atoms. The Morgan fingerprint density at radius 2 is 2.29 bits per heavy atom. The number of piperazine rings is 1. The van der Waals surface area contributed by atoms with Crippen molar-refractivity contribution < 1.29 is 4.79 Å². The van der Waals surface area contributed by atoms with E-state index < -0.39 is 0 Å². The van der Waals surface area contributed by atoms with Gasteiger partial charge in [-0.2, -0.15) is 0 Å². The summed E-state index contributed by atoms with van der Waals surface area (Å²) in [4.78, 5) is 14.2. The highest BCUT2D eigenvalue weighted by atomic mass is 35.5. The summed E-state index contributed by atoms with van der Waals surface area (Å²) in [5.41, 5.74) is 1.67. The predicted octanol–water partition coefficient (Wildman–Crippen LogP) is 2.08. The van der Waals surface area contributed by atoms with Gasteiger partial charge in [0.15, 0.2) is 0 Å². The molecule has 0 aromatic heterocycles. The van der Waals surface area contributed by atoms with Gasteiger partial charge in [0.05, 0.1) is 0 Å². The number of carbonyl (C=O) groups excluding carboxylic acids is 1. The molecular weight excluding hydrogens is 236 g/mol. The number of halogens is 1. The number of amides is 1. The minimum atomic E-state index is 0.0955. The zero-order chi connectivity index (χ0) is 12.4. The monoisotopic (exact) mass is 252 g/mol. The molecule has 0 bridgehead atoms. The maximum Gasteiger partial charge on any atom is 0.253 e. The SMILES string of the molecule is Cc1cc(C(=O)N2CCN[C@H](C)C2)ccc1Cl. The summed E-state index contributed by atoms with van der Waals surface area (Å²) >= 11 is 5.96. The fourth-order valence-corrected chi connectivity index (χ4v) is 2.19. The van der Waals surface area contributed by atoms with Gasteiger partial charge in [0.2, 0.25) is 0 Å². The first kappa shape index (κ1) is 12.4. The molecule has 1 aromatic rings. The smallest absolute Gasteiger partial charge is 0.253 e. The van der Waals surface area contributed by atoms with E-state index >= 15 is 0 Å². The van der Waals surface area contributed by atoms with E-state index in [0.29, 0.717) is 11.1 Å². The van der Waals surface area contributed by atoms with Gasteiger partial charge in [0, 0.05) is 36.3 Å². The molecule has 1 N–H and O–H groups in total. The lowest BCUT2D eigenvalue weighted by Gasteiger charge is -2.32. The number of benzene rings is 1. The Labute approximate surface area is 107 Å². The molecule has 4 heteroatoms. The third-order valence-electron chi connectivity index (χ3n) is 3.06. The highest BCUT2D eigenvalue weighted by Gasteiger charge is 2.21. The second-order valence-electron chi connectivity index (χ2n) is 4.57. The van der Waals surface area contributed by atoms with Gasteiger partial charge in [-0.25, -0.2) is 0 Å². The summed E-state index contributed by atoms with van der Waals surface area (Å²) in [5, 5.41) is 4.03. The van der Waals surface area contributed by atoms with Crippen LogP contribution in [0.25, 0.3) is 0 Å². The molecule has 1 aliphatic heterocycles. The first-order valence-corrected chi connectivity index (χ1v) is 6.24. The molecule has 2 rings (SSSR count). The van der Waals surface area contributed by atoms with Crippen molar-refractivity contribution in [3.05, 3.63) is 34.3 Å². The number of hydrogen-bond donors (Lipinski definition) is 1. The van der Waals surface area contributed by atoms with Gasteiger partial charge in [-0.1, -0.05) is 11.6 Å². The van der Waals surface area contributed by atoms with Gasteiger partial charge in [-0.15, -0.1) is 0 Å². The fourth-order valence-electron chi connectivity index (χ4n) is 2.08. The van der Waals surface area contributed by atoms with Crippen LogP contribution in [0.2, 0.25) is 5.02 Å². The van der Waals surface area contributed by atoms with E-state index in [-0.39, 0.29) is 5.91 Å². The van der Waals surface area contributed by atoms with E-state index in [0.717, 1.165) is 30.8 Å². The number of carbonyl (C=O) groups is 1. The van der Waals surface area contributed by atoms with Crippen LogP contribution in [0.15, 0.2) is 18.2 Å². The second kappa shape index (κ2) is 5.07. The molecule has 0 aliphatic carbocycles. The number of hydrogen-bond acceptors (Lipinski definition) is 2. The van der Waals surface area contributed by atoms with Gasteiger partial charge >= 0.3 is 0 Å². The van der Waals surface area contributed by atoms with E-state index in [2.05, 4.69) is 12.2 Å². The van der Waals surface area contributed by atoms with Crippen LogP contribution in [0.1, 0.15) is 22.8 Å². The minimum absolute atomic E-state index is 0.0955. The molecule has 1 fully saturated rings. The lowest BCUT2D eigenvalue weighted by molar-refractivity contribution is 0.0709. The van der Waals surface area contributed by atoms with Crippen LogP contribution in [0.3, 0.4) is 0 Å². The van der Waals surface area contributed by atoms with Crippen molar-refractivity contribution in [2.24, 2.45) is 0 Å². The van der Waals surface area contributed by atoms with Crippen molar-refractivity contribution in [1.82, 2.24) is 10.2 Å². The number of aryl methyl sites for hydroxylation is 1. The topological polar surface area (TPSA) is 32.3 Å². The van der Waals surface area contributed by atoms with E-state index in [1.165, 1.54) is 0 Å². The van der Waals surface area contributed by atoms with Crippen molar-refractivity contribution in [1.29, 1.82) is 0 Å². The molecule has 1 aromatic carbocycles. The van der Waals surface area contributed by atoms with E-state index in [4.69, 9.17) is 11.6 Å². The molecule has 1 amide bonds. The van der Waals surface area contributed by atoms with E-state index in [1.54, 1.807) is 12.1 Å². The first-order valence-electron chi connectivity index (χ1n) is 5.87. The average molecular weight is 253 g/mol. The highest BCUT2D eigenvalue weighted by Crippen LogP contribution is 2.17. The first-order chi connectivity index (χ1) is 8.08. The minimum Gasteiger partial charge on any atom is -0.336 e. The summed E-state index contributed by atoms with van der Waals surface area (Å²) in [7, 11) is 0. The van der Waals surface area contributed by atoms with Gasteiger partial charge < -0.3 is 10.2 Å². The largest absolute Gasteiger partial charge is 0.336 e. The fraction of sp³-hybridized carbons (Fsp3) is 0.462. The summed E-state index contributed by atoms with van der Waals surface area (Å²) in [5.74, 6) is 0.0955. The maximum absolute atomic E-state index is 12.3. The van der Waals surface area contributed by atoms with Crippen LogP contribution in [-0.2, 0) is 0 Å². The van der Waals surface area contributed by atoms with Crippen LogP contribution >= 0.6 is 11.6 Å². The van der Waals surface area contributed by atoms with Crippen LogP contribution in [0, 0.1) is 6.92 Å². The molecule has 0 saturated carbocycles. The van der Waals surface area contributed by atoms with Gasteiger partial charge in [0.1, 0.15) is 0 Å². The zero-order valence-electron chi connectivity index (χ0n) is 10.2. The Bertz CT molecular complexity index is 433. The van der Waals surface area contributed by atoms with Gasteiger partial charge in [0.25, 0.3) is 5.91 Å². The standard InChI is InChI=1S/C13H17ClN2O/c1-9-7-11(3-4-12(9)14)13(17)16-6-5-15-10(2)8-16/h3-4,7,10,15H,5-6,8H2,1-2H3/t10-/m1/s1. The van der Waals surface area contributed by atoms with Gasteiger partial charge in [-0.05, 0) is 37.6 Å². The Kier molecular flexibility index (Phi) is 3.69. The summed E-state index contributed by atoms with van der Waals surface area (Å²) < 4.78 is 0. The van der Waals surface area contributed by atoms with Crippen LogP contribution in [0.5, 0.6) is 0 Å². The molecule has 0 spiro atoms. The summed E-state index contributed by atoms with van der Waals surface area (Å²) in [6.45, 7) is 6.40. The molecule has 1 aliphatic rings. The van der Waals surface area contributed by atoms with Crippen molar-refractivity contribution in [3.63, 3.8) is 0 Å². The molecule has 0 unspecified atom stereocenters. The van der Waals surface area contributed by atoms with Crippen molar-refractivity contribution >= 4 is 17.5 Å². The number of nitrogens with zero attached hydrogens (tertiary/aromatic N) is 1. The lowest BCUT2D eigenvalue weighted by Crippen LogP contribution is -2.51. The molecule has 0 radical (unpaired) electrons. The highest BCUT2D eigenvalue weighted by molar-refractivity contribution is 6.31. The normalized spacial score (nSPS) is 20.4. The zero-order valence-corrected chi connectivity index (χ0v) is 10.9. The van der Waals surface area contributed by atoms with Crippen molar-refractivity contribution in [3.8, 4) is 0 Å². The Morgan fingerprint density at radius 3 is 2.94 bits per heavy atom. The molecule has 92 valence electrons. The van der Waals surface area contributed by atoms with Crippen molar-refractivity contribution in [2.45, 2.75) is 19.9 Å². The molecule has 1 atom stereocenters. The van der Waals surface area contributed by atoms with Crippen LogP contribution < -0.4 is 5.32 Å². The van der Waals surface area contributed by atoms with E-state index in [1.807, 2.05) is 17.9 Å². The molecular formula is C13H17ClN2O. The molecule has 3 nitrogen and oxygen atoms in total. The summed E-state index contributed by atoms with van der Waals surface area (Å²) in [6, 6.07) is 5.80. The predicted molar refractivity (Wildman–Crippen MR) is 69.6 cm³/mol. The lowest BCUT2D eigenvalue weighted by atomic mass is 10.1. The van der Waals surface area contributed by atoms with Gasteiger partial charge in [-0.3, -0.25) is 4.79 Å². The third-order valence-corrected chi connectivity index (χ3v) is 3.48. The molecule has 1 heterocycles. The quantitative estimate of drug-likeness (QED) is 0.830. The Hall–Kier alpha value is -1.06. The summed E-state index contributed by atoms with van der Waals surface area (Å²) in [6.07, 6.45) is 0. The maximum atomic E-state index is 12.3. The number of rotatable bonds is 1. The third kappa shape index (κ3) is 2.79. The van der Waals surface area contributed by atoms with Crippen molar-refractivity contribution in [2.75, 3.05) is 19.6 Å². The number of nitrogens with one attached hydrogen (secondary N) is 1.